The van der Waals surface area contributed by atoms with Crippen molar-refractivity contribution in [2.24, 2.45) is 0 Å². The highest BCUT2D eigenvalue weighted by Gasteiger charge is 2.34. The van der Waals surface area contributed by atoms with Gasteiger partial charge in [-0.2, -0.15) is 0 Å². The smallest absolute Gasteiger partial charge is 0.407 e. The normalized spacial score (nSPS) is 18.6. The van der Waals surface area contributed by atoms with Gasteiger partial charge < -0.3 is 25.2 Å². The summed E-state index contributed by atoms with van der Waals surface area (Å²) in [5.74, 6) is -0.515. The van der Waals surface area contributed by atoms with Gasteiger partial charge in [-0.05, 0) is 66.6 Å². The van der Waals surface area contributed by atoms with E-state index >= 15 is 0 Å². The van der Waals surface area contributed by atoms with Crippen molar-refractivity contribution in [3.05, 3.63) is 84.4 Å². The molecule has 0 bridgehead atoms. The first-order valence-electron chi connectivity index (χ1n) is 13.5. The lowest BCUT2D eigenvalue weighted by Crippen LogP contribution is -2.47. The summed E-state index contributed by atoms with van der Waals surface area (Å²) in [6.45, 7) is 1.30. The Balaban J connectivity index is 1.21. The molecule has 0 aromatic heterocycles. The Morgan fingerprint density at radius 3 is 2.26 bits per heavy atom. The van der Waals surface area contributed by atoms with Crippen molar-refractivity contribution in [1.82, 2.24) is 10.2 Å². The number of hydrogen-bond acceptors (Lipinski definition) is 5. The van der Waals surface area contributed by atoms with E-state index in [9.17, 15) is 14.4 Å². The minimum atomic E-state index is -0.673. The molecule has 2 heterocycles. The maximum Gasteiger partial charge on any atom is 0.407 e. The van der Waals surface area contributed by atoms with Crippen molar-refractivity contribution in [2.75, 3.05) is 37.0 Å². The van der Waals surface area contributed by atoms with Crippen molar-refractivity contribution in [2.45, 2.75) is 37.8 Å². The summed E-state index contributed by atoms with van der Waals surface area (Å²) in [6, 6.07) is 26.9. The number of nitrogens with one attached hydrogen (secondary N) is 2. The molecule has 0 unspecified atom stereocenters. The third-order valence-electron chi connectivity index (χ3n) is 7.57. The lowest BCUT2D eigenvalue weighted by Gasteiger charge is -2.28. The van der Waals surface area contributed by atoms with Crippen LogP contribution in [0.1, 0.15) is 37.3 Å². The summed E-state index contributed by atoms with van der Waals surface area (Å²) in [5, 5.41) is 5.36. The van der Waals surface area contributed by atoms with Crippen LogP contribution in [-0.4, -0.2) is 55.6 Å². The molecule has 202 valence electrons. The Morgan fingerprint density at radius 1 is 0.846 bits per heavy atom. The maximum absolute atomic E-state index is 13.0. The highest BCUT2D eigenvalue weighted by molar-refractivity contribution is 5.98. The molecule has 0 saturated carbocycles. The molecule has 3 aromatic carbocycles. The molecular weight excluding hydrogens is 492 g/mol. The molecule has 2 N–H and O–H groups in total. The molecule has 8 heteroatoms. The first-order valence-corrected chi connectivity index (χ1v) is 13.5. The van der Waals surface area contributed by atoms with Crippen LogP contribution >= 0.6 is 0 Å². The summed E-state index contributed by atoms with van der Waals surface area (Å²) >= 11 is 0. The summed E-state index contributed by atoms with van der Waals surface area (Å²) < 4.78 is 4.51. The van der Waals surface area contributed by atoms with Crippen LogP contribution in [0.25, 0.3) is 11.1 Å². The molecule has 39 heavy (non-hydrogen) atoms. The number of rotatable bonds is 7. The molecule has 2 aliphatic rings. The Kier molecular flexibility index (Phi) is 8.10. The van der Waals surface area contributed by atoms with Crippen LogP contribution in [-0.2, 0) is 14.3 Å². The number of carbonyl (C=O) groups is 3. The van der Waals surface area contributed by atoms with Gasteiger partial charge in [-0.3, -0.25) is 9.59 Å². The van der Waals surface area contributed by atoms with Crippen LogP contribution in [0.2, 0.25) is 0 Å². The lowest BCUT2D eigenvalue weighted by atomic mass is 10.0. The summed E-state index contributed by atoms with van der Waals surface area (Å²) in [5.41, 5.74) is 5.54. The average molecular weight is 527 g/mol. The molecule has 8 nitrogen and oxygen atoms in total. The molecule has 0 spiro atoms. The number of alkyl carbamates (subject to hydrolysis) is 1. The highest BCUT2D eigenvalue weighted by atomic mass is 16.5. The van der Waals surface area contributed by atoms with Gasteiger partial charge in [-0.1, -0.05) is 54.6 Å². The van der Waals surface area contributed by atoms with E-state index < -0.39 is 12.1 Å². The molecule has 2 fully saturated rings. The fourth-order valence-electron chi connectivity index (χ4n) is 5.57. The molecule has 2 aliphatic heterocycles. The number of ether oxygens (including phenoxy) is 1. The maximum atomic E-state index is 13.0. The van der Waals surface area contributed by atoms with E-state index in [0.29, 0.717) is 18.7 Å². The quantitative estimate of drug-likeness (QED) is 0.453. The molecule has 3 amide bonds. The van der Waals surface area contributed by atoms with Gasteiger partial charge in [0.15, 0.2) is 0 Å². The lowest BCUT2D eigenvalue weighted by molar-refractivity contribution is -0.135. The van der Waals surface area contributed by atoms with Crippen molar-refractivity contribution >= 4 is 29.3 Å². The number of benzene rings is 3. The van der Waals surface area contributed by atoms with E-state index in [1.54, 1.807) is 0 Å². The fourth-order valence-corrected chi connectivity index (χ4v) is 5.57. The Morgan fingerprint density at radius 2 is 1.54 bits per heavy atom. The standard InChI is InChI=1S/C31H34N4O4/c1-39-31(38)32-21-29(36)35-20-6-10-28(35)30(37)33-25-15-11-24(12-16-25)27-9-5-19-34(27)26-17-13-23(14-18-26)22-7-3-2-4-8-22/h2-4,7-8,11-18,27-28H,5-6,9-10,19-21H2,1H3,(H,32,38)(H,33,37)/t27-,28-/m0/s1. The minimum absolute atomic E-state index is 0.196. The third kappa shape index (κ3) is 6.06. The zero-order valence-corrected chi connectivity index (χ0v) is 22.1. The zero-order valence-electron chi connectivity index (χ0n) is 22.1. The third-order valence-corrected chi connectivity index (χ3v) is 7.57. The van der Waals surface area contributed by atoms with Crippen LogP contribution in [0.4, 0.5) is 16.2 Å². The topological polar surface area (TPSA) is 91.0 Å². The number of methoxy groups -OCH3 is 1. The van der Waals surface area contributed by atoms with Gasteiger partial charge in [0.2, 0.25) is 11.8 Å². The molecule has 3 aromatic rings. The largest absolute Gasteiger partial charge is 0.453 e. The zero-order chi connectivity index (χ0) is 27.2. The second kappa shape index (κ2) is 12.0. The molecule has 2 atom stereocenters. The summed E-state index contributed by atoms with van der Waals surface area (Å²) in [4.78, 5) is 40.8. The van der Waals surface area contributed by atoms with E-state index in [4.69, 9.17) is 0 Å². The highest BCUT2D eigenvalue weighted by Crippen LogP contribution is 2.37. The average Bonchev–Trinajstić information content (AvgIpc) is 3.67. The van der Waals surface area contributed by atoms with Crippen LogP contribution in [0.3, 0.4) is 0 Å². The predicted octanol–water partition coefficient (Wildman–Crippen LogP) is 4.98. The summed E-state index contributed by atoms with van der Waals surface area (Å²) in [6.07, 6.45) is 2.86. The Labute approximate surface area is 228 Å². The minimum Gasteiger partial charge on any atom is -0.453 e. The van der Waals surface area contributed by atoms with Gasteiger partial charge in [0.1, 0.15) is 12.6 Å². The molecule has 0 aliphatic carbocycles. The van der Waals surface area contributed by atoms with E-state index in [2.05, 4.69) is 80.9 Å². The van der Waals surface area contributed by atoms with E-state index in [-0.39, 0.29) is 24.4 Å². The second-order valence-corrected chi connectivity index (χ2v) is 9.97. The number of anilines is 2. The van der Waals surface area contributed by atoms with Crippen LogP contribution in [0.5, 0.6) is 0 Å². The number of nitrogens with zero attached hydrogens (tertiary/aromatic N) is 2. The summed E-state index contributed by atoms with van der Waals surface area (Å²) in [7, 11) is 1.24. The van der Waals surface area contributed by atoms with Crippen LogP contribution in [0.15, 0.2) is 78.9 Å². The Hall–Kier alpha value is -4.33. The van der Waals surface area contributed by atoms with Crippen molar-refractivity contribution in [3.63, 3.8) is 0 Å². The van der Waals surface area contributed by atoms with Gasteiger partial charge in [-0.25, -0.2) is 4.79 Å². The number of hydrogen-bond donors (Lipinski definition) is 2. The van der Waals surface area contributed by atoms with Crippen molar-refractivity contribution in [1.29, 1.82) is 0 Å². The van der Waals surface area contributed by atoms with Gasteiger partial charge in [0.25, 0.3) is 0 Å². The van der Waals surface area contributed by atoms with Gasteiger partial charge in [0.05, 0.1) is 13.2 Å². The van der Waals surface area contributed by atoms with E-state index in [1.165, 1.54) is 34.4 Å². The molecular formula is C31H34N4O4. The van der Waals surface area contributed by atoms with Gasteiger partial charge in [-0.15, -0.1) is 0 Å². The Bertz CT molecular complexity index is 1290. The van der Waals surface area contributed by atoms with Gasteiger partial charge >= 0.3 is 6.09 Å². The van der Waals surface area contributed by atoms with Crippen LogP contribution < -0.4 is 15.5 Å². The molecule has 0 radical (unpaired) electrons. The van der Waals surface area contributed by atoms with E-state index in [0.717, 1.165) is 25.8 Å². The van der Waals surface area contributed by atoms with Crippen LogP contribution in [0, 0.1) is 0 Å². The number of amides is 3. The molecule has 5 rings (SSSR count). The second-order valence-electron chi connectivity index (χ2n) is 9.97. The molecule has 2 saturated heterocycles. The van der Waals surface area contributed by atoms with E-state index in [1.807, 2.05) is 18.2 Å². The number of carbonyl (C=O) groups excluding carboxylic acids is 3. The number of likely N-dealkylation sites (tertiary alicyclic amines) is 1. The first-order chi connectivity index (χ1) is 19.0. The van der Waals surface area contributed by atoms with Gasteiger partial charge in [0, 0.05) is 24.5 Å². The van der Waals surface area contributed by atoms with Crippen molar-refractivity contribution < 1.29 is 19.1 Å². The monoisotopic (exact) mass is 526 g/mol. The van der Waals surface area contributed by atoms with Crippen molar-refractivity contribution in [3.8, 4) is 11.1 Å². The SMILES string of the molecule is COC(=O)NCC(=O)N1CCC[C@H]1C(=O)Nc1ccc([C@@H]2CCCN2c2ccc(-c3ccccc3)cc2)cc1. The fraction of sp³-hybridized carbons (Fsp3) is 0.323. The first kappa shape index (κ1) is 26.3. The predicted molar refractivity (Wildman–Crippen MR) is 151 cm³/mol.